The predicted octanol–water partition coefficient (Wildman–Crippen LogP) is 1.34. The molecule has 1 aromatic carbocycles. The van der Waals surface area contributed by atoms with Crippen molar-refractivity contribution in [2.24, 2.45) is 5.73 Å². The third-order valence-electron chi connectivity index (χ3n) is 2.05. The third kappa shape index (κ3) is 1.23. The zero-order chi connectivity index (χ0) is 10.1. The number of nitrogens with two attached hydrogens (primary N) is 1. The number of fused-ring (bicyclic) bond motifs is 1. The van der Waals surface area contributed by atoms with Crippen LogP contribution in [0.15, 0.2) is 6.07 Å². The Morgan fingerprint density at radius 1 is 1.50 bits per heavy atom. The van der Waals surface area contributed by atoms with Crippen molar-refractivity contribution in [3.05, 3.63) is 22.2 Å². The monoisotopic (exact) mass is 213 g/mol. The fourth-order valence-electron chi connectivity index (χ4n) is 1.39. The SMILES string of the molecule is NCc1c(Cl)cc(C=O)c2c1OCO2. The molecule has 0 aliphatic carbocycles. The van der Waals surface area contributed by atoms with Crippen molar-refractivity contribution in [2.45, 2.75) is 6.54 Å². The van der Waals surface area contributed by atoms with Crippen molar-refractivity contribution in [1.29, 1.82) is 0 Å². The summed E-state index contributed by atoms with van der Waals surface area (Å²) in [5.74, 6) is 0.923. The lowest BCUT2D eigenvalue weighted by atomic mass is 10.1. The third-order valence-corrected chi connectivity index (χ3v) is 2.39. The molecule has 5 heteroatoms. The van der Waals surface area contributed by atoms with Crippen LogP contribution in [0.5, 0.6) is 11.5 Å². The number of aldehydes is 1. The van der Waals surface area contributed by atoms with Crippen LogP contribution in [0, 0.1) is 0 Å². The summed E-state index contributed by atoms with van der Waals surface area (Å²) in [6.07, 6.45) is 0.680. The second-order valence-corrected chi connectivity index (χ2v) is 3.22. The molecule has 0 saturated heterocycles. The zero-order valence-corrected chi connectivity index (χ0v) is 8.00. The van der Waals surface area contributed by atoms with E-state index in [1.165, 1.54) is 6.07 Å². The van der Waals surface area contributed by atoms with Crippen LogP contribution in [0.1, 0.15) is 15.9 Å². The smallest absolute Gasteiger partial charge is 0.231 e. The summed E-state index contributed by atoms with van der Waals surface area (Å²) in [6, 6.07) is 1.53. The van der Waals surface area contributed by atoms with Gasteiger partial charge >= 0.3 is 0 Å². The largest absolute Gasteiger partial charge is 0.453 e. The van der Waals surface area contributed by atoms with Crippen LogP contribution in [-0.2, 0) is 6.54 Å². The zero-order valence-electron chi connectivity index (χ0n) is 7.25. The van der Waals surface area contributed by atoms with Crippen LogP contribution < -0.4 is 15.2 Å². The number of carbonyl (C=O) groups excluding carboxylic acids is 1. The molecule has 2 rings (SSSR count). The molecule has 0 bridgehead atoms. The summed E-state index contributed by atoms with van der Waals surface area (Å²) in [4.78, 5) is 10.7. The summed E-state index contributed by atoms with van der Waals surface area (Å²) in [5.41, 5.74) is 6.57. The van der Waals surface area contributed by atoms with Gasteiger partial charge in [-0.1, -0.05) is 11.6 Å². The van der Waals surface area contributed by atoms with E-state index in [1.807, 2.05) is 0 Å². The maximum absolute atomic E-state index is 10.7. The Hall–Kier alpha value is -1.26. The van der Waals surface area contributed by atoms with Crippen molar-refractivity contribution in [1.82, 2.24) is 0 Å². The molecule has 2 N–H and O–H groups in total. The lowest BCUT2D eigenvalue weighted by molar-refractivity contribution is 0.111. The van der Waals surface area contributed by atoms with Crippen LogP contribution >= 0.6 is 11.6 Å². The first-order chi connectivity index (χ1) is 6.77. The molecule has 0 spiro atoms. The molecule has 4 nitrogen and oxygen atoms in total. The van der Waals surface area contributed by atoms with Crippen molar-refractivity contribution in [3.63, 3.8) is 0 Å². The maximum Gasteiger partial charge on any atom is 0.231 e. The minimum Gasteiger partial charge on any atom is -0.453 e. The molecule has 1 heterocycles. The highest BCUT2D eigenvalue weighted by atomic mass is 35.5. The van der Waals surface area contributed by atoms with E-state index in [1.54, 1.807) is 0 Å². The summed E-state index contributed by atoms with van der Waals surface area (Å²) in [7, 11) is 0. The van der Waals surface area contributed by atoms with E-state index in [-0.39, 0.29) is 13.3 Å². The highest BCUT2D eigenvalue weighted by Crippen LogP contribution is 2.41. The van der Waals surface area contributed by atoms with Crippen LogP contribution in [0.3, 0.4) is 0 Å². The molecule has 0 radical (unpaired) electrons. The first kappa shape index (κ1) is 9.30. The van der Waals surface area contributed by atoms with Gasteiger partial charge in [0.2, 0.25) is 6.79 Å². The summed E-state index contributed by atoms with van der Waals surface area (Å²) in [6.45, 7) is 0.354. The fourth-order valence-corrected chi connectivity index (χ4v) is 1.67. The first-order valence-corrected chi connectivity index (χ1v) is 4.42. The molecular weight excluding hydrogens is 206 g/mol. The molecule has 1 aliphatic rings. The second kappa shape index (κ2) is 3.48. The Labute approximate surface area is 85.6 Å². The first-order valence-electron chi connectivity index (χ1n) is 4.04. The molecular formula is C9H8ClNO3. The molecule has 0 atom stereocenters. The van der Waals surface area contributed by atoms with Crippen LogP contribution in [0.25, 0.3) is 0 Å². The van der Waals surface area contributed by atoms with Gasteiger partial charge in [-0.25, -0.2) is 0 Å². The van der Waals surface area contributed by atoms with Crippen LogP contribution in [0.4, 0.5) is 0 Å². The lowest BCUT2D eigenvalue weighted by Gasteiger charge is -2.07. The maximum atomic E-state index is 10.7. The van der Waals surface area contributed by atoms with Gasteiger partial charge in [-0.3, -0.25) is 4.79 Å². The van der Waals surface area contributed by atoms with Gasteiger partial charge < -0.3 is 15.2 Å². The Morgan fingerprint density at radius 3 is 2.86 bits per heavy atom. The van der Waals surface area contributed by atoms with Crippen molar-refractivity contribution < 1.29 is 14.3 Å². The number of benzene rings is 1. The minimum absolute atomic E-state index is 0.101. The average molecular weight is 214 g/mol. The van der Waals surface area contributed by atoms with Crippen LogP contribution in [0.2, 0.25) is 5.02 Å². The lowest BCUT2D eigenvalue weighted by Crippen LogP contribution is -2.00. The van der Waals surface area contributed by atoms with E-state index >= 15 is 0 Å². The Balaban J connectivity index is 2.67. The fraction of sp³-hybridized carbons (Fsp3) is 0.222. The minimum atomic E-state index is 0.101. The number of rotatable bonds is 2. The normalized spacial score (nSPS) is 13.0. The molecule has 14 heavy (non-hydrogen) atoms. The van der Waals surface area contributed by atoms with E-state index in [0.29, 0.717) is 33.9 Å². The van der Waals surface area contributed by atoms with Gasteiger partial charge in [-0.05, 0) is 6.07 Å². The van der Waals surface area contributed by atoms with E-state index in [2.05, 4.69) is 0 Å². The predicted molar refractivity (Wildman–Crippen MR) is 50.9 cm³/mol. The van der Waals surface area contributed by atoms with E-state index in [4.69, 9.17) is 26.8 Å². The van der Waals surface area contributed by atoms with Gasteiger partial charge in [0.25, 0.3) is 0 Å². The van der Waals surface area contributed by atoms with Gasteiger partial charge in [-0.15, -0.1) is 0 Å². The highest BCUT2D eigenvalue weighted by molar-refractivity contribution is 6.32. The van der Waals surface area contributed by atoms with Crippen molar-refractivity contribution in [3.8, 4) is 11.5 Å². The molecule has 74 valence electrons. The molecule has 0 unspecified atom stereocenters. The summed E-state index contributed by atoms with van der Waals surface area (Å²) in [5, 5.41) is 0.429. The number of hydrogen-bond acceptors (Lipinski definition) is 4. The molecule has 0 aromatic heterocycles. The van der Waals surface area contributed by atoms with Crippen molar-refractivity contribution in [2.75, 3.05) is 6.79 Å². The van der Waals surface area contributed by atoms with E-state index in [9.17, 15) is 4.79 Å². The topological polar surface area (TPSA) is 61.6 Å². The van der Waals surface area contributed by atoms with Crippen LogP contribution in [-0.4, -0.2) is 13.1 Å². The highest BCUT2D eigenvalue weighted by Gasteiger charge is 2.23. The van der Waals surface area contributed by atoms with Gasteiger partial charge in [0.05, 0.1) is 5.56 Å². The number of hydrogen-bond donors (Lipinski definition) is 1. The molecule has 1 aliphatic heterocycles. The molecule has 1 aromatic rings. The second-order valence-electron chi connectivity index (χ2n) is 2.81. The number of carbonyl (C=O) groups is 1. The molecule has 0 amide bonds. The molecule has 0 saturated carbocycles. The standard InChI is InChI=1S/C9H8ClNO3/c10-7-1-5(3-12)8-9(6(7)2-11)14-4-13-8/h1,3H,2,4,11H2. The quantitative estimate of drug-likeness (QED) is 0.754. The van der Waals surface area contributed by atoms with E-state index < -0.39 is 0 Å². The van der Waals surface area contributed by atoms with Gasteiger partial charge in [0.15, 0.2) is 17.8 Å². The summed E-state index contributed by atoms with van der Waals surface area (Å²) < 4.78 is 10.3. The van der Waals surface area contributed by atoms with Gasteiger partial charge in [0, 0.05) is 17.1 Å². The van der Waals surface area contributed by atoms with Crippen molar-refractivity contribution >= 4 is 17.9 Å². The number of ether oxygens (including phenoxy) is 2. The Bertz CT molecular complexity index is 392. The van der Waals surface area contributed by atoms with E-state index in [0.717, 1.165) is 0 Å². The Morgan fingerprint density at radius 2 is 2.21 bits per heavy atom. The van der Waals surface area contributed by atoms with Gasteiger partial charge in [-0.2, -0.15) is 0 Å². The van der Waals surface area contributed by atoms with Gasteiger partial charge in [0.1, 0.15) is 0 Å². The average Bonchev–Trinajstić information content (AvgIpc) is 2.65. The number of halogens is 1. The summed E-state index contributed by atoms with van der Waals surface area (Å²) >= 11 is 5.92. The molecule has 0 fully saturated rings. The Kier molecular flexibility index (Phi) is 2.31.